The Morgan fingerprint density at radius 3 is 2.50 bits per heavy atom. The quantitative estimate of drug-likeness (QED) is 0.662. The largest absolute Gasteiger partial charge is 0.360 e. The van der Waals surface area contributed by atoms with Crippen molar-refractivity contribution >= 4 is 5.69 Å². The second-order valence-corrected chi connectivity index (χ2v) is 6.81. The van der Waals surface area contributed by atoms with Crippen LogP contribution in [0.15, 0.2) is 24.3 Å². The Morgan fingerprint density at radius 2 is 1.95 bits per heavy atom. The summed E-state index contributed by atoms with van der Waals surface area (Å²) in [5.74, 6) is -1.46. The van der Waals surface area contributed by atoms with Crippen molar-refractivity contribution in [1.29, 1.82) is 0 Å². The van der Waals surface area contributed by atoms with Crippen LogP contribution < -0.4 is 0 Å². The first-order valence-electron chi connectivity index (χ1n) is 7.27. The summed E-state index contributed by atoms with van der Waals surface area (Å²) in [5.41, 5.74) is 0.199. The molecule has 1 N–H and O–H groups in total. The zero-order valence-corrected chi connectivity index (χ0v) is 12.9. The van der Waals surface area contributed by atoms with Gasteiger partial charge < -0.3 is 9.84 Å². The fraction of sp³-hybridized carbons (Fsp3) is 0.600. The monoisotopic (exact) mass is 308 g/mol. The Hall–Kier alpha value is -1.54. The number of non-ortho nitro benzene ring substituents is 1. The van der Waals surface area contributed by atoms with Crippen molar-refractivity contribution in [2.75, 3.05) is 13.2 Å². The maximum absolute atomic E-state index is 11.1. The molecule has 120 valence electrons. The van der Waals surface area contributed by atoms with Crippen LogP contribution in [0.4, 0.5) is 5.69 Å². The van der Waals surface area contributed by atoms with Crippen molar-refractivity contribution in [3.05, 3.63) is 39.9 Å². The van der Waals surface area contributed by atoms with Crippen molar-refractivity contribution < 1.29 is 19.6 Å². The molecule has 2 aliphatic rings. The summed E-state index contributed by atoms with van der Waals surface area (Å²) in [6, 6.07) is 5.50. The van der Waals surface area contributed by atoms with Crippen LogP contribution in [0, 0.1) is 16.0 Å². The van der Waals surface area contributed by atoms with Crippen molar-refractivity contribution in [2.24, 2.45) is 5.92 Å². The van der Waals surface area contributed by atoms with Crippen LogP contribution >= 0.6 is 0 Å². The molecule has 7 heteroatoms. The Labute approximate surface area is 128 Å². The summed E-state index contributed by atoms with van der Waals surface area (Å²) in [6.45, 7) is 6.90. The minimum atomic E-state index is -1.52. The Bertz CT molecular complexity index is 583. The lowest BCUT2D eigenvalue weighted by molar-refractivity contribution is -0.384. The summed E-state index contributed by atoms with van der Waals surface area (Å²) in [4.78, 5) is 16.0. The summed E-state index contributed by atoms with van der Waals surface area (Å²) < 4.78 is 5.68. The molecule has 0 amide bonds. The minimum absolute atomic E-state index is 0.0164. The highest BCUT2D eigenvalue weighted by Crippen LogP contribution is 2.46. The fourth-order valence-corrected chi connectivity index (χ4v) is 3.16. The number of benzene rings is 1. The molecule has 2 aliphatic heterocycles. The summed E-state index contributed by atoms with van der Waals surface area (Å²) in [7, 11) is 0. The maximum Gasteiger partial charge on any atom is 0.269 e. The molecule has 0 unspecified atom stereocenters. The Morgan fingerprint density at radius 1 is 1.32 bits per heavy atom. The number of hydrogen-bond acceptors (Lipinski definition) is 6. The van der Waals surface area contributed by atoms with E-state index in [4.69, 9.17) is 9.57 Å². The van der Waals surface area contributed by atoms with Gasteiger partial charge in [0, 0.05) is 29.2 Å². The standard InChI is InChI=1S/C15H20N2O5/c1-14(2,3)16-13-10(9-22-16)8-21-15(13,18)11-4-6-12(7-5-11)17(19)20/h4-7,10,13,18H,8-9H2,1-3H3/t10-,13-,15+/m0/s1. The minimum Gasteiger partial charge on any atom is -0.360 e. The van der Waals surface area contributed by atoms with Gasteiger partial charge in [0.2, 0.25) is 5.79 Å². The lowest BCUT2D eigenvalue weighted by Crippen LogP contribution is -2.53. The molecule has 1 aromatic carbocycles. The number of nitrogens with zero attached hydrogens (tertiary/aromatic N) is 2. The van der Waals surface area contributed by atoms with Gasteiger partial charge in [-0.2, -0.15) is 5.06 Å². The first-order chi connectivity index (χ1) is 10.2. The molecule has 0 radical (unpaired) electrons. The average Bonchev–Trinajstić information content (AvgIpc) is 3.01. The molecule has 7 nitrogen and oxygen atoms in total. The third-order valence-electron chi connectivity index (χ3n) is 4.20. The average molecular weight is 308 g/mol. The van der Waals surface area contributed by atoms with Gasteiger partial charge in [-0.1, -0.05) is 0 Å². The van der Waals surface area contributed by atoms with Gasteiger partial charge in [-0.15, -0.1) is 0 Å². The molecule has 2 saturated heterocycles. The van der Waals surface area contributed by atoms with E-state index in [2.05, 4.69) is 0 Å². The molecule has 2 heterocycles. The zero-order chi connectivity index (χ0) is 16.1. The normalized spacial score (nSPS) is 32.2. The van der Waals surface area contributed by atoms with Crippen LogP contribution in [0.2, 0.25) is 0 Å². The topological polar surface area (TPSA) is 85.1 Å². The van der Waals surface area contributed by atoms with E-state index in [-0.39, 0.29) is 23.2 Å². The molecule has 3 atom stereocenters. The van der Waals surface area contributed by atoms with Gasteiger partial charge in [-0.25, -0.2) is 0 Å². The highest BCUT2D eigenvalue weighted by atomic mass is 16.7. The molecule has 0 spiro atoms. The number of nitro groups is 1. The fourth-order valence-electron chi connectivity index (χ4n) is 3.16. The van der Waals surface area contributed by atoms with E-state index in [1.807, 2.05) is 20.8 Å². The molecule has 22 heavy (non-hydrogen) atoms. The zero-order valence-electron chi connectivity index (χ0n) is 12.9. The van der Waals surface area contributed by atoms with E-state index in [0.29, 0.717) is 18.8 Å². The number of aliphatic hydroxyl groups is 1. The Kier molecular flexibility index (Phi) is 3.48. The van der Waals surface area contributed by atoms with E-state index >= 15 is 0 Å². The smallest absolute Gasteiger partial charge is 0.269 e. The first kappa shape index (κ1) is 15.4. The predicted octanol–water partition coefficient (Wildman–Crippen LogP) is 1.80. The van der Waals surface area contributed by atoms with Gasteiger partial charge in [0.05, 0.1) is 18.1 Å². The number of hydrogen-bond donors (Lipinski definition) is 1. The van der Waals surface area contributed by atoms with Gasteiger partial charge in [-0.05, 0) is 32.9 Å². The van der Waals surface area contributed by atoms with E-state index in [9.17, 15) is 15.2 Å². The van der Waals surface area contributed by atoms with E-state index < -0.39 is 10.7 Å². The lowest BCUT2D eigenvalue weighted by Gasteiger charge is -2.40. The molecular weight excluding hydrogens is 288 g/mol. The van der Waals surface area contributed by atoms with Crippen molar-refractivity contribution in [3.63, 3.8) is 0 Å². The Balaban J connectivity index is 1.96. The molecule has 0 aromatic heterocycles. The van der Waals surface area contributed by atoms with Gasteiger partial charge in [0.25, 0.3) is 5.69 Å². The van der Waals surface area contributed by atoms with Crippen LogP contribution in [0.25, 0.3) is 0 Å². The number of fused-ring (bicyclic) bond motifs is 1. The number of hydroxylamine groups is 2. The number of nitro benzene ring substituents is 1. The van der Waals surface area contributed by atoms with Crippen LogP contribution in [-0.2, 0) is 15.4 Å². The molecule has 3 rings (SSSR count). The van der Waals surface area contributed by atoms with Crippen LogP contribution in [0.3, 0.4) is 0 Å². The maximum atomic E-state index is 11.1. The molecule has 0 aliphatic carbocycles. The highest BCUT2D eigenvalue weighted by Gasteiger charge is 2.59. The van der Waals surface area contributed by atoms with Gasteiger partial charge >= 0.3 is 0 Å². The van der Waals surface area contributed by atoms with Gasteiger partial charge in [-0.3, -0.25) is 15.0 Å². The SMILES string of the molecule is CC(C)(C)N1OC[C@@H]2CO[C@](O)(c3ccc([N+](=O)[O-])cc3)[C@H]21. The van der Waals surface area contributed by atoms with Crippen molar-refractivity contribution in [1.82, 2.24) is 5.06 Å². The van der Waals surface area contributed by atoms with Gasteiger partial charge in [0.15, 0.2) is 0 Å². The summed E-state index contributed by atoms with van der Waals surface area (Å²) in [5, 5.41) is 23.6. The number of ether oxygens (including phenoxy) is 1. The molecule has 1 aromatic rings. The summed E-state index contributed by atoms with van der Waals surface area (Å²) >= 11 is 0. The van der Waals surface area contributed by atoms with E-state index in [0.717, 1.165) is 0 Å². The third-order valence-corrected chi connectivity index (χ3v) is 4.20. The van der Waals surface area contributed by atoms with Crippen molar-refractivity contribution in [3.8, 4) is 0 Å². The van der Waals surface area contributed by atoms with E-state index in [1.165, 1.54) is 12.1 Å². The van der Waals surface area contributed by atoms with Crippen LogP contribution in [0.1, 0.15) is 26.3 Å². The van der Waals surface area contributed by atoms with Crippen molar-refractivity contribution in [2.45, 2.75) is 38.1 Å². The summed E-state index contributed by atoms with van der Waals surface area (Å²) in [6.07, 6.45) is 0. The van der Waals surface area contributed by atoms with Crippen LogP contribution in [0.5, 0.6) is 0 Å². The highest BCUT2D eigenvalue weighted by molar-refractivity contribution is 5.36. The molecule has 0 bridgehead atoms. The molecule has 2 fully saturated rings. The number of rotatable bonds is 2. The lowest BCUT2D eigenvalue weighted by atomic mass is 9.90. The van der Waals surface area contributed by atoms with Gasteiger partial charge in [0.1, 0.15) is 6.04 Å². The third kappa shape index (κ3) is 2.30. The molecule has 0 saturated carbocycles. The van der Waals surface area contributed by atoms with Crippen LogP contribution in [-0.4, -0.2) is 39.9 Å². The second kappa shape index (κ2) is 4.99. The first-order valence-corrected chi connectivity index (χ1v) is 7.27. The predicted molar refractivity (Wildman–Crippen MR) is 77.8 cm³/mol. The molecular formula is C15H20N2O5. The second-order valence-electron chi connectivity index (χ2n) is 6.81. The van der Waals surface area contributed by atoms with E-state index in [1.54, 1.807) is 17.2 Å².